The summed E-state index contributed by atoms with van der Waals surface area (Å²) in [5, 5.41) is 2.86. The number of carbonyl (C=O) groups excluding carboxylic acids is 3. The summed E-state index contributed by atoms with van der Waals surface area (Å²) in [6.07, 6.45) is 1.67. The predicted molar refractivity (Wildman–Crippen MR) is 120 cm³/mol. The first-order chi connectivity index (χ1) is 15.6. The average Bonchev–Trinajstić information content (AvgIpc) is 3.34. The van der Waals surface area contributed by atoms with Crippen LogP contribution in [0.5, 0.6) is 0 Å². The van der Waals surface area contributed by atoms with Gasteiger partial charge in [0.1, 0.15) is 6.04 Å². The minimum atomic E-state index is -0.441. The van der Waals surface area contributed by atoms with Crippen molar-refractivity contribution in [3.05, 3.63) is 66.2 Å². The van der Waals surface area contributed by atoms with Crippen molar-refractivity contribution < 1.29 is 14.4 Å². The average molecular weight is 437 g/mol. The number of carbonyl (C=O) groups is 3. The minimum absolute atomic E-state index is 0.0361. The van der Waals surface area contributed by atoms with Gasteiger partial charge >= 0.3 is 6.03 Å². The Bertz CT molecular complexity index is 931. The molecule has 4 amide bonds. The van der Waals surface area contributed by atoms with E-state index >= 15 is 0 Å². The van der Waals surface area contributed by atoms with Crippen molar-refractivity contribution in [3.8, 4) is 0 Å². The van der Waals surface area contributed by atoms with Crippen LogP contribution in [0.2, 0.25) is 0 Å². The van der Waals surface area contributed by atoms with Gasteiger partial charge in [0.15, 0.2) is 0 Å². The fourth-order valence-electron chi connectivity index (χ4n) is 4.01. The Morgan fingerprint density at radius 2 is 1.44 bits per heavy atom. The predicted octanol–water partition coefficient (Wildman–Crippen LogP) is 1.69. The molecule has 0 saturated carbocycles. The topological polar surface area (TPSA) is 115 Å². The number of piperidine rings is 1. The number of hydrogen-bond donors (Lipinski definition) is 5. The zero-order chi connectivity index (χ0) is 22.3. The molecule has 0 spiro atoms. The van der Waals surface area contributed by atoms with Gasteiger partial charge in [-0.3, -0.25) is 20.4 Å². The van der Waals surface area contributed by atoms with Crippen molar-refractivity contribution in [3.63, 3.8) is 0 Å². The number of likely N-dealkylation sites (tertiary alicyclic amines) is 1. The Morgan fingerprint density at radius 3 is 2.12 bits per heavy atom. The zero-order valence-corrected chi connectivity index (χ0v) is 17.7. The molecule has 32 heavy (non-hydrogen) atoms. The molecule has 2 aromatic rings. The smallest absolute Gasteiger partial charge is 0.321 e. The van der Waals surface area contributed by atoms with Crippen LogP contribution in [0.15, 0.2) is 60.7 Å². The quantitative estimate of drug-likeness (QED) is 0.468. The molecule has 5 N–H and O–H groups in total. The normalized spacial score (nSPS) is 21.1. The lowest BCUT2D eigenvalue weighted by Crippen LogP contribution is -2.52. The largest absolute Gasteiger partial charge is 0.324 e. The Morgan fingerprint density at radius 1 is 0.812 bits per heavy atom. The summed E-state index contributed by atoms with van der Waals surface area (Å²) >= 11 is 0. The number of para-hydroxylation sites is 1. The van der Waals surface area contributed by atoms with Gasteiger partial charge in [-0.2, -0.15) is 0 Å². The summed E-state index contributed by atoms with van der Waals surface area (Å²) in [7, 11) is 0. The molecule has 2 aliphatic rings. The van der Waals surface area contributed by atoms with Gasteiger partial charge in [-0.15, -0.1) is 0 Å². The van der Waals surface area contributed by atoms with Crippen molar-refractivity contribution >= 4 is 23.5 Å². The highest BCUT2D eigenvalue weighted by Crippen LogP contribution is 2.22. The van der Waals surface area contributed by atoms with Gasteiger partial charge in [0.05, 0.1) is 0 Å². The Balaban J connectivity index is 1.17. The first kappa shape index (κ1) is 21.8. The Kier molecular flexibility index (Phi) is 6.98. The fourth-order valence-corrected chi connectivity index (χ4v) is 4.01. The summed E-state index contributed by atoms with van der Waals surface area (Å²) in [6, 6.07) is 18.6. The maximum absolute atomic E-state index is 12.5. The van der Waals surface area contributed by atoms with Gasteiger partial charge in [0.25, 0.3) is 5.91 Å². The number of nitrogens with one attached hydrogen (secondary N) is 5. The standard InChI is InChI=1S/C23H28N6O3/c30-21(17-11-13-29(14-12-17)23(32)24-18-9-5-2-6-10-18)27-28-22(31)20-15-19(25-26-20)16-7-3-1-4-8-16/h1-10,17,19-20,25-26H,11-15H2,(H,24,32)(H,27,30)(H,28,31). The van der Waals surface area contributed by atoms with E-state index in [1.54, 1.807) is 4.90 Å². The van der Waals surface area contributed by atoms with Crippen molar-refractivity contribution in [1.29, 1.82) is 0 Å². The lowest BCUT2D eigenvalue weighted by Gasteiger charge is -2.31. The van der Waals surface area contributed by atoms with Crippen LogP contribution in [-0.2, 0) is 9.59 Å². The highest BCUT2D eigenvalue weighted by atomic mass is 16.2. The highest BCUT2D eigenvalue weighted by Gasteiger charge is 2.31. The summed E-state index contributed by atoms with van der Waals surface area (Å²) in [5.74, 6) is -0.765. The van der Waals surface area contributed by atoms with Crippen LogP contribution in [0.1, 0.15) is 30.9 Å². The monoisotopic (exact) mass is 436 g/mol. The van der Waals surface area contributed by atoms with E-state index in [0.29, 0.717) is 32.4 Å². The van der Waals surface area contributed by atoms with E-state index in [9.17, 15) is 14.4 Å². The van der Waals surface area contributed by atoms with Crippen LogP contribution in [0.4, 0.5) is 10.5 Å². The molecule has 2 heterocycles. The van der Waals surface area contributed by atoms with Crippen molar-refractivity contribution in [2.45, 2.75) is 31.3 Å². The molecule has 9 nitrogen and oxygen atoms in total. The summed E-state index contributed by atoms with van der Waals surface area (Å²) in [4.78, 5) is 39.0. The van der Waals surface area contributed by atoms with E-state index < -0.39 is 6.04 Å². The molecular formula is C23H28N6O3. The van der Waals surface area contributed by atoms with E-state index in [2.05, 4.69) is 27.0 Å². The van der Waals surface area contributed by atoms with Gasteiger partial charge in [-0.1, -0.05) is 48.5 Å². The van der Waals surface area contributed by atoms with Gasteiger partial charge < -0.3 is 10.2 Å². The SMILES string of the molecule is O=C(NNC(=O)C1CC(c2ccccc2)NN1)C1CCN(C(=O)Nc2ccccc2)CC1. The third-order valence-electron chi connectivity index (χ3n) is 5.91. The zero-order valence-electron chi connectivity index (χ0n) is 17.7. The van der Waals surface area contributed by atoms with Crippen molar-refractivity contribution in [1.82, 2.24) is 26.6 Å². The maximum Gasteiger partial charge on any atom is 0.321 e. The number of urea groups is 1. The van der Waals surface area contributed by atoms with E-state index in [1.807, 2.05) is 60.7 Å². The molecular weight excluding hydrogens is 408 g/mol. The van der Waals surface area contributed by atoms with Crippen LogP contribution in [0.3, 0.4) is 0 Å². The van der Waals surface area contributed by atoms with Crippen LogP contribution in [0.25, 0.3) is 0 Å². The lowest BCUT2D eigenvalue weighted by atomic mass is 9.96. The number of anilines is 1. The highest BCUT2D eigenvalue weighted by molar-refractivity contribution is 5.90. The molecule has 2 aliphatic heterocycles. The second-order valence-electron chi connectivity index (χ2n) is 8.08. The number of amides is 4. The van der Waals surface area contributed by atoms with E-state index in [0.717, 1.165) is 11.3 Å². The summed E-state index contributed by atoms with van der Waals surface area (Å²) in [5.41, 5.74) is 13.0. The fraction of sp³-hybridized carbons (Fsp3) is 0.348. The van der Waals surface area contributed by atoms with E-state index in [4.69, 9.17) is 0 Å². The van der Waals surface area contributed by atoms with Gasteiger partial charge in [0.2, 0.25) is 5.91 Å². The molecule has 0 aromatic heterocycles. The third-order valence-corrected chi connectivity index (χ3v) is 5.91. The van der Waals surface area contributed by atoms with Gasteiger partial charge in [-0.25, -0.2) is 15.6 Å². The molecule has 2 atom stereocenters. The molecule has 2 saturated heterocycles. The maximum atomic E-state index is 12.5. The molecule has 2 unspecified atom stereocenters. The Labute approximate surface area is 186 Å². The molecule has 2 aromatic carbocycles. The number of nitrogens with zero attached hydrogens (tertiary/aromatic N) is 1. The molecule has 0 radical (unpaired) electrons. The summed E-state index contributed by atoms with van der Waals surface area (Å²) in [6.45, 7) is 0.967. The van der Waals surface area contributed by atoms with Crippen LogP contribution < -0.4 is 27.0 Å². The van der Waals surface area contributed by atoms with E-state index in [1.165, 1.54) is 0 Å². The number of hydrazine groups is 2. The third kappa shape index (κ3) is 5.43. The van der Waals surface area contributed by atoms with Gasteiger partial charge in [-0.05, 0) is 37.0 Å². The molecule has 168 valence electrons. The number of benzene rings is 2. The van der Waals surface area contributed by atoms with Gasteiger partial charge in [0, 0.05) is 30.7 Å². The number of rotatable bonds is 4. The first-order valence-electron chi connectivity index (χ1n) is 10.9. The van der Waals surface area contributed by atoms with Crippen molar-refractivity contribution in [2.24, 2.45) is 5.92 Å². The molecule has 0 aliphatic carbocycles. The second kappa shape index (κ2) is 10.3. The molecule has 0 bridgehead atoms. The lowest BCUT2D eigenvalue weighted by molar-refractivity contribution is -0.132. The minimum Gasteiger partial charge on any atom is -0.324 e. The summed E-state index contributed by atoms with van der Waals surface area (Å²) < 4.78 is 0. The van der Waals surface area contributed by atoms with Crippen molar-refractivity contribution in [2.75, 3.05) is 18.4 Å². The Hall–Kier alpha value is -3.43. The second-order valence-corrected chi connectivity index (χ2v) is 8.08. The van der Waals surface area contributed by atoms with E-state index in [-0.39, 0.29) is 29.8 Å². The van der Waals surface area contributed by atoms with Crippen LogP contribution >= 0.6 is 0 Å². The molecule has 4 rings (SSSR count). The first-order valence-corrected chi connectivity index (χ1v) is 10.9. The molecule has 9 heteroatoms. The number of hydrogen-bond acceptors (Lipinski definition) is 5. The molecule has 2 fully saturated rings. The van der Waals surface area contributed by atoms with Crippen LogP contribution in [0, 0.1) is 5.92 Å². The van der Waals surface area contributed by atoms with Crippen LogP contribution in [-0.4, -0.2) is 41.9 Å².